The fourth-order valence-electron chi connectivity index (χ4n) is 6.78. The number of hydrogen-bond acceptors (Lipinski definition) is 5. The van der Waals surface area contributed by atoms with Gasteiger partial charge in [-0.05, 0) is 140 Å². The van der Waals surface area contributed by atoms with E-state index in [1.165, 1.54) is 0 Å². The van der Waals surface area contributed by atoms with Crippen LogP contribution in [0.2, 0.25) is 0 Å². The Labute approximate surface area is 319 Å². The molecule has 0 aliphatic carbocycles. The van der Waals surface area contributed by atoms with Gasteiger partial charge < -0.3 is 25.7 Å². The van der Waals surface area contributed by atoms with Gasteiger partial charge in [0.05, 0.1) is 0 Å². The first-order valence-electron chi connectivity index (χ1n) is 18.9. The average Bonchev–Trinajstić information content (AvgIpc) is 3.05. The number of phenols is 2. The summed E-state index contributed by atoms with van der Waals surface area (Å²) < 4.78 is 0. The third kappa shape index (κ3) is 9.75. The van der Waals surface area contributed by atoms with Crippen molar-refractivity contribution in [3.63, 3.8) is 0 Å². The number of hydrogen-bond donors (Lipinski definition) is 4. The van der Waals surface area contributed by atoms with Crippen molar-refractivity contribution < 1.29 is 10.2 Å². The minimum atomic E-state index is -0.228. The zero-order valence-corrected chi connectivity index (χ0v) is 34.1. The van der Waals surface area contributed by atoms with E-state index in [-0.39, 0.29) is 21.7 Å². The van der Waals surface area contributed by atoms with E-state index in [2.05, 4.69) is 184 Å². The van der Waals surface area contributed by atoms with Gasteiger partial charge in [-0.25, -0.2) is 0 Å². The summed E-state index contributed by atoms with van der Waals surface area (Å²) in [6.07, 6.45) is 0. The molecule has 5 aromatic rings. The van der Waals surface area contributed by atoms with E-state index < -0.39 is 0 Å². The molecule has 0 aromatic heterocycles. The molecule has 4 N–H and O–H groups in total. The van der Waals surface area contributed by atoms with E-state index in [1.54, 1.807) is 0 Å². The highest BCUT2D eigenvalue weighted by Crippen LogP contribution is 2.42. The van der Waals surface area contributed by atoms with E-state index in [0.717, 1.165) is 61.8 Å². The SMILES string of the molecule is CC(C)(C)c1cc(CN(Cc2cc(C(C)(C)C)c(O)c(C(C)(C)C)c2)c2ccc(Nc3ccc(Nc4ccccc4)cc3)cc2)cc(C(C)(C)C)c1O. The second kappa shape index (κ2) is 14.9. The molecule has 0 atom stereocenters. The number of rotatable bonds is 9. The molecule has 0 spiro atoms. The van der Waals surface area contributed by atoms with Gasteiger partial charge in [0.25, 0.3) is 0 Å². The average molecular weight is 712 g/mol. The predicted molar refractivity (Wildman–Crippen MR) is 227 cm³/mol. The zero-order valence-electron chi connectivity index (χ0n) is 34.1. The second-order valence-corrected chi connectivity index (χ2v) is 18.7. The number of nitrogens with zero attached hydrogens (tertiary/aromatic N) is 1. The normalized spacial score (nSPS) is 12.5. The Morgan fingerprint density at radius 2 is 0.698 bits per heavy atom. The summed E-state index contributed by atoms with van der Waals surface area (Å²) >= 11 is 0. The maximum atomic E-state index is 11.5. The van der Waals surface area contributed by atoms with E-state index in [4.69, 9.17) is 0 Å². The molecular weight excluding hydrogens is 651 g/mol. The number of benzene rings is 5. The minimum absolute atomic E-state index is 0.228. The number of para-hydroxylation sites is 1. The Morgan fingerprint density at radius 3 is 1.00 bits per heavy atom. The van der Waals surface area contributed by atoms with Crippen LogP contribution in [-0.4, -0.2) is 10.2 Å². The highest BCUT2D eigenvalue weighted by Gasteiger charge is 2.29. The topological polar surface area (TPSA) is 67.8 Å². The Bertz CT molecular complexity index is 1850. The van der Waals surface area contributed by atoms with Crippen LogP contribution in [0.1, 0.15) is 116 Å². The van der Waals surface area contributed by atoms with Gasteiger partial charge in [0.2, 0.25) is 0 Å². The van der Waals surface area contributed by atoms with Crippen molar-refractivity contribution in [3.05, 3.63) is 137 Å². The van der Waals surface area contributed by atoms with E-state index in [0.29, 0.717) is 24.6 Å². The van der Waals surface area contributed by atoms with Crippen molar-refractivity contribution in [1.29, 1.82) is 0 Å². The fourth-order valence-corrected chi connectivity index (χ4v) is 6.78. The molecule has 0 saturated carbocycles. The molecule has 0 bridgehead atoms. The van der Waals surface area contributed by atoms with Crippen LogP contribution in [-0.2, 0) is 34.7 Å². The van der Waals surface area contributed by atoms with Crippen LogP contribution in [0.3, 0.4) is 0 Å². The van der Waals surface area contributed by atoms with Crippen LogP contribution in [0.15, 0.2) is 103 Å². The first-order chi connectivity index (χ1) is 24.6. The smallest absolute Gasteiger partial charge is 0.123 e. The Balaban J connectivity index is 1.52. The quantitative estimate of drug-likeness (QED) is 0.123. The molecule has 5 aromatic carbocycles. The van der Waals surface area contributed by atoms with Gasteiger partial charge in [-0.2, -0.15) is 0 Å². The van der Waals surface area contributed by atoms with Gasteiger partial charge >= 0.3 is 0 Å². The Hall–Kier alpha value is -4.90. The number of phenolic OH excluding ortho intramolecular Hbond substituents is 2. The largest absolute Gasteiger partial charge is 0.507 e. The van der Waals surface area contributed by atoms with Gasteiger partial charge in [-0.1, -0.05) is 101 Å². The second-order valence-electron chi connectivity index (χ2n) is 18.7. The summed E-state index contributed by atoms with van der Waals surface area (Å²) in [7, 11) is 0. The number of anilines is 5. The standard InChI is InChI=1S/C48H61N3O2/c1-45(2,3)39-26-32(27-40(43(39)52)46(4,5)6)30-51(31-33-28-41(47(7,8)9)44(53)42(29-33)48(10,11)12)38-24-22-37(23-25-38)50-36-20-18-35(19-21-36)49-34-16-14-13-15-17-34/h13-29,49-50,52-53H,30-31H2,1-12H3. The highest BCUT2D eigenvalue weighted by molar-refractivity contribution is 5.67. The summed E-state index contributed by atoms with van der Waals surface area (Å²) in [5.74, 6) is 0.783. The van der Waals surface area contributed by atoms with E-state index in [9.17, 15) is 10.2 Å². The minimum Gasteiger partial charge on any atom is -0.507 e. The van der Waals surface area contributed by atoms with Crippen molar-refractivity contribution in [1.82, 2.24) is 0 Å². The van der Waals surface area contributed by atoms with Gasteiger partial charge in [0.15, 0.2) is 0 Å². The Kier molecular flexibility index (Phi) is 11.0. The van der Waals surface area contributed by atoms with Crippen LogP contribution >= 0.6 is 0 Å². The van der Waals surface area contributed by atoms with Gasteiger partial charge in [0.1, 0.15) is 11.5 Å². The van der Waals surface area contributed by atoms with Crippen molar-refractivity contribution in [2.45, 2.75) is 118 Å². The molecule has 280 valence electrons. The molecule has 0 radical (unpaired) electrons. The van der Waals surface area contributed by atoms with Gasteiger partial charge in [-0.15, -0.1) is 0 Å². The molecule has 53 heavy (non-hydrogen) atoms. The molecule has 0 aliphatic rings. The third-order valence-electron chi connectivity index (χ3n) is 9.79. The lowest BCUT2D eigenvalue weighted by Gasteiger charge is -2.32. The molecule has 5 heteroatoms. The zero-order chi connectivity index (χ0) is 38.9. The van der Waals surface area contributed by atoms with Crippen LogP contribution < -0.4 is 15.5 Å². The number of nitrogens with one attached hydrogen (secondary N) is 2. The van der Waals surface area contributed by atoms with Crippen LogP contribution in [0, 0.1) is 0 Å². The summed E-state index contributed by atoms with van der Waals surface area (Å²) in [4.78, 5) is 2.41. The predicted octanol–water partition coefficient (Wildman–Crippen LogP) is 13.0. The molecule has 0 aliphatic heterocycles. The van der Waals surface area contributed by atoms with Gasteiger partial charge in [0, 0.05) is 41.5 Å². The molecule has 0 amide bonds. The van der Waals surface area contributed by atoms with Crippen molar-refractivity contribution in [2.75, 3.05) is 15.5 Å². The van der Waals surface area contributed by atoms with Crippen LogP contribution in [0.5, 0.6) is 11.5 Å². The maximum absolute atomic E-state index is 11.5. The monoisotopic (exact) mass is 711 g/mol. The summed E-state index contributed by atoms with van der Waals surface area (Å²) in [5, 5.41) is 30.0. The first-order valence-corrected chi connectivity index (χ1v) is 18.9. The molecule has 0 saturated heterocycles. The van der Waals surface area contributed by atoms with Gasteiger partial charge in [-0.3, -0.25) is 0 Å². The lowest BCUT2D eigenvalue weighted by Crippen LogP contribution is -2.25. The van der Waals surface area contributed by atoms with Crippen molar-refractivity contribution in [3.8, 4) is 11.5 Å². The molecule has 0 unspecified atom stereocenters. The molecule has 5 nitrogen and oxygen atoms in total. The fraction of sp³-hybridized carbons (Fsp3) is 0.375. The van der Waals surface area contributed by atoms with E-state index >= 15 is 0 Å². The maximum Gasteiger partial charge on any atom is 0.123 e. The van der Waals surface area contributed by atoms with E-state index in [1.807, 2.05) is 18.2 Å². The Morgan fingerprint density at radius 1 is 0.415 bits per heavy atom. The molecule has 0 heterocycles. The molecule has 0 fully saturated rings. The first kappa shape index (κ1) is 39.3. The number of aromatic hydroxyl groups is 2. The van der Waals surface area contributed by atoms with Crippen molar-refractivity contribution >= 4 is 28.4 Å². The van der Waals surface area contributed by atoms with Crippen molar-refractivity contribution in [2.24, 2.45) is 0 Å². The van der Waals surface area contributed by atoms with Crippen LogP contribution in [0.25, 0.3) is 0 Å². The third-order valence-corrected chi connectivity index (χ3v) is 9.79. The molecule has 5 rings (SSSR count). The summed E-state index contributed by atoms with van der Waals surface area (Å²) in [6.45, 7) is 27.2. The van der Waals surface area contributed by atoms with Crippen LogP contribution in [0.4, 0.5) is 28.4 Å². The highest BCUT2D eigenvalue weighted by atomic mass is 16.3. The lowest BCUT2D eigenvalue weighted by molar-refractivity contribution is 0.422. The lowest BCUT2D eigenvalue weighted by atomic mass is 9.78. The molecular formula is C48H61N3O2. The summed E-state index contributed by atoms with van der Waals surface area (Å²) in [6, 6.07) is 35.9. The summed E-state index contributed by atoms with van der Waals surface area (Å²) in [5.41, 5.74) is 10.4.